The maximum absolute atomic E-state index is 5.81. The van der Waals surface area contributed by atoms with Crippen LogP contribution in [0.3, 0.4) is 0 Å². The number of rotatable bonds is 6. The molecule has 0 spiro atoms. The third kappa shape index (κ3) is 3.69. The maximum Gasteiger partial charge on any atom is 0.140 e. The molecule has 2 aromatic rings. The number of halogens is 1. The quantitative estimate of drug-likeness (QED) is 0.636. The second-order valence-corrected chi connectivity index (χ2v) is 12.6. The lowest BCUT2D eigenvalue weighted by atomic mass is 10.1. The molecule has 6 heteroatoms. The van der Waals surface area contributed by atoms with Crippen LogP contribution in [-0.2, 0) is 18.0 Å². The molecule has 0 aliphatic rings. The van der Waals surface area contributed by atoms with Gasteiger partial charge in [0.2, 0.25) is 0 Å². The second kappa shape index (κ2) is 6.38. The Morgan fingerprint density at radius 2 is 2.10 bits per heavy atom. The third-order valence-electron chi connectivity index (χ3n) is 3.26. The fraction of sp³-hybridized carbons (Fsp3) is 0.500. The highest BCUT2D eigenvalue weighted by Gasteiger charge is 2.13. The van der Waals surface area contributed by atoms with Gasteiger partial charge in [-0.2, -0.15) is 5.10 Å². The molecule has 0 bridgehead atoms. The molecule has 1 aromatic heterocycles. The van der Waals surface area contributed by atoms with Gasteiger partial charge in [0.05, 0.1) is 11.7 Å². The first kappa shape index (κ1) is 15.7. The van der Waals surface area contributed by atoms with Crippen molar-refractivity contribution in [1.82, 2.24) is 9.78 Å². The molecule has 1 aromatic carbocycles. The Bertz CT molecular complexity index is 592. The largest absolute Gasteiger partial charge is 0.360 e. The zero-order chi connectivity index (χ0) is 14.8. The molecule has 0 radical (unpaired) electrons. The Morgan fingerprint density at radius 1 is 1.35 bits per heavy atom. The summed E-state index contributed by atoms with van der Waals surface area (Å²) < 4.78 is 8.72. The second-order valence-electron chi connectivity index (χ2n) is 6.17. The first-order valence-corrected chi connectivity index (χ1v) is 11.3. The number of ether oxygens (including phenoxy) is 1. The average Bonchev–Trinajstić information content (AvgIpc) is 2.79. The van der Waals surface area contributed by atoms with Gasteiger partial charge in [0.1, 0.15) is 6.73 Å². The molecular formula is C14H22BrN3OSi. The van der Waals surface area contributed by atoms with Crippen molar-refractivity contribution < 1.29 is 4.74 Å². The molecule has 0 aliphatic heterocycles. The first-order valence-electron chi connectivity index (χ1n) is 6.83. The smallest absolute Gasteiger partial charge is 0.140 e. The summed E-state index contributed by atoms with van der Waals surface area (Å²) in [4.78, 5) is 0. The van der Waals surface area contributed by atoms with Gasteiger partial charge in [-0.25, -0.2) is 4.68 Å². The molecule has 0 amide bonds. The molecule has 2 rings (SSSR count). The monoisotopic (exact) mass is 355 g/mol. The number of aromatic nitrogens is 2. The molecule has 0 saturated heterocycles. The minimum absolute atomic E-state index is 0.484. The normalized spacial score (nSPS) is 12.2. The summed E-state index contributed by atoms with van der Waals surface area (Å²) in [6, 6.07) is 5.22. The molecule has 1 heterocycles. The van der Waals surface area contributed by atoms with Crippen LogP contribution >= 0.6 is 15.9 Å². The van der Waals surface area contributed by atoms with Gasteiger partial charge in [0.15, 0.2) is 0 Å². The van der Waals surface area contributed by atoms with E-state index >= 15 is 0 Å². The van der Waals surface area contributed by atoms with Gasteiger partial charge in [-0.1, -0.05) is 41.6 Å². The van der Waals surface area contributed by atoms with Gasteiger partial charge in [-0.3, -0.25) is 0 Å². The number of hydrogen-bond acceptors (Lipinski definition) is 3. The lowest BCUT2D eigenvalue weighted by molar-refractivity contribution is 0.0816. The summed E-state index contributed by atoms with van der Waals surface area (Å²) in [6.07, 6.45) is 1.86. The Kier molecular flexibility index (Phi) is 5.01. The topological polar surface area (TPSA) is 53.1 Å². The Labute approximate surface area is 129 Å². The molecular weight excluding hydrogens is 334 g/mol. The van der Waals surface area contributed by atoms with Crippen molar-refractivity contribution in [3.8, 4) is 0 Å². The van der Waals surface area contributed by atoms with Gasteiger partial charge in [-0.15, -0.1) is 0 Å². The van der Waals surface area contributed by atoms with E-state index in [4.69, 9.17) is 10.5 Å². The van der Waals surface area contributed by atoms with Crippen LogP contribution in [0.25, 0.3) is 10.9 Å². The predicted octanol–water partition coefficient (Wildman–Crippen LogP) is 3.57. The summed E-state index contributed by atoms with van der Waals surface area (Å²) in [5, 5.41) is 5.50. The van der Waals surface area contributed by atoms with Crippen molar-refractivity contribution in [3.63, 3.8) is 0 Å². The van der Waals surface area contributed by atoms with E-state index in [-0.39, 0.29) is 0 Å². The first-order chi connectivity index (χ1) is 9.42. The number of fused-ring (bicyclic) bond motifs is 1. The molecule has 0 unspecified atom stereocenters. The van der Waals surface area contributed by atoms with Crippen molar-refractivity contribution in [3.05, 3.63) is 28.4 Å². The maximum atomic E-state index is 5.81. The van der Waals surface area contributed by atoms with Crippen LogP contribution in [-0.4, -0.2) is 24.5 Å². The van der Waals surface area contributed by atoms with Gasteiger partial charge >= 0.3 is 0 Å². The Balaban J connectivity index is 2.13. The van der Waals surface area contributed by atoms with Crippen LogP contribution in [0.2, 0.25) is 25.7 Å². The Hall–Kier alpha value is -0.693. The zero-order valence-electron chi connectivity index (χ0n) is 12.3. The van der Waals surface area contributed by atoms with Crippen molar-refractivity contribution >= 4 is 34.9 Å². The van der Waals surface area contributed by atoms with Crippen LogP contribution in [0, 0.1) is 0 Å². The van der Waals surface area contributed by atoms with Crippen molar-refractivity contribution in [2.75, 3.05) is 6.61 Å². The van der Waals surface area contributed by atoms with E-state index < -0.39 is 8.07 Å². The zero-order valence-corrected chi connectivity index (χ0v) is 14.9. The van der Waals surface area contributed by atoms with E-state index in [1.54, 1.807) is 0 Å². The highest BCUT2D eigenvalue weighted by atomic mass is 79.9. The number of nitrogens with zero attached hydrogens (tertiary/aromatic N) is 2. The van der Waals surface area contributed by atoms with Crippen LogP contribution in [0.15, 0.2) is 22.8 Å². The van der Waals surface area contributed by atoms with Crippen LogP contribution in [0.1, 0.15) is 5.56 Å². The number of hydrogen-bond donors (Lipinski definition) is 1. The summed E-state index contributed by atoms with van der Waals surface area (Å²) in [5.74, 6) is 0. The Morgan fingerprint density at radius 3 is 2.75 bits per heavy atom. The molecule has 2 N–H and O–H groups in total. The average molecular weight is 356 g/mol. The van der Waals surface area contributed by atoms with E-state index in [1.807, 2.05) is 23.0 Å². The van der Waals surface area contributed by atoms with Crippen LogP contribution < -0.4 is 5.73 Å². The van der Waals surface area contributed by atoms with E-state index in [0.29, 0.717) is 13.3 Å². The van der Waals surface area contributed by atoms with Crippen LogP contribution in [0.5, 0.6) is 0 Å². The highest BCUT2D eigenvalue weighted by molar-refractivity contribution is 9.10. The molecule has 20 heavy (non-hydrogen) atoms. The van der Waals surface area contributed by atoms with E-state index in [1.165, 1.54) is 6.04 Å². The van der Waals surface area contributed by atoms with Crippen molar-refractivity contribution in [2.45, 2.75) is 39.0 Å². The van der Waals surface area contributed by atoms with E-state index in [9.17, 15) is 0 Å². The van der Waals surface area contributed by atoms with Gasteiger partial charge in [0.25, 0.3) is 0 Å². The summed E-state index contributed by atoms with van der Waals surface area (Å²) in [7, 11) is -1.04. The van der Waals surface area contributed by atoms with Crippen LogP contribution in [0.4, 0.5) is 0 Å². The van der Waals surface area contributed by atoms with Crippen molar-refractivity contribution in [2.24, 2.45) is 5.73 Å². The van der Waals surface area contributed by atoms with Gasteiger partial charge in [0, 0.05) is 31.1 Å². The third-order valence-corrected chi connectivity index (χ3v) is 5.66. The molecule has 4 nitrogen and oxygen atoms in total. The molecule has 0 atom stereocenters. The summed E-state index contributed by atoms with van der Waals surface area (Å²) in [6.45, 7) is 8.83. The lowest BCUT2D eigenvalue weighted by Gasteiger charge is -2.15. The standard InChI is InChI=1S/C14H22BrN3OSi/c1-20(2,3)7-6-19-10-18-14-11(8-16)4-5-13(15)12(14)9-17-18/h4-5,9H,6-8,10,16H2,1-3H3. The van der Waals surface area contributed by atoms with E-state index in [0.717, 1.165) is 27.5 Å². The van der Waals surface area contributed by atoms with E-state index in [2.05, 4.69) is 40.7 Å². The molecule has 110 valence electrons. The number of nitrogens with two attached hydrogens (primary N) is 1. The molecule has 0 saturated carbocycles. The fourth-order valence-corrected chi connectivity index (χ4v) is 3.21. The number of benzene rings is 1. The highest BCUT2D eigenvalue weighted by Crippen LogP contribution is 2.26. The van der Waals surface area contributed by atoms with Gasteiger partial charge in [-0.05, 0) is 17.7 Å². The SMILES string of the molecule is C[Si](C)(C)CCOCn1ncc2c(Br)ccc(CN)c21. The summed E-state index contributed by atoms with van der Waals surface area (Å²) >= 11 is 3.55. The minimum Gasteiger partial charge on any atom is -0.360 e. The summed E-state index contributed by atoms with van der Waals surface area (Å²) in [5.41, 5.74) is 7.97. The molecule has 0 fully saturated rings. The minimum atomic E-state index is -1.04. The van der Waals surface area contributed by atoms with Gasteiger partial charge < -0.3 is 10.5 Å². The lowest BCUT2D eigenvalue weighted by Crippen LogP contribution is -2.22. The van der Waals surface area contributed by atoms with Crippen molar-refractivity contribution in [1.29, 1.82) is 0 Å². The molecule has 0 aliphatic carbocycles. The predicted molar refractivity (Wildman–Crippen MR) is 89.4 cm³/mol. The fourth-order valence-electron chi connectivity index (χ4n) is 2.03.